The molecule has 0 aliphatic rings. The first-order valence-electron chi connectivity index (χ1n) is 5.91. The fraction of sp³-hybridized carbons (Fsp3) is 0.143. The van der Waals surface area contributed by atoms with Gasteiger partial charge in [0, 0.05) is 12.3 Å². The number of aromatic nitrogens is 1. The third kappa shape index (κ3) is 3.00. The van der Waals surface area contributed by atoms with Crippen molar-refractivity contribution in [3.8, 4) is 17.2 Å². The van der Waals surface area contributed by atoms with Crippen LogP contribution in [0.2, 0.25) is 5.02 Å². The maximum atomic E-state index is 12.0. The number of hydrogen-bond donors (Lipinski definition) is 1. The molecule has 0 atom stereocenters. The molecule has 0 saturated heterocycles. The van der Waals surface area contributed by atoms with Crippen LogP contribution >= 0.6 is 11.6 Å². The number of anilines is 1. The summed E-state index contributed by atoms with van der Waals surface area (Å²) in [6, 6.07) is 6.34. The molecule has 2 rings (SSSR count). The van der Waals surface area contributed by atoms with Gasteiger partial charge in [0.1, 0.15) is 22.2 Å². The number of rotatable bonds is 4. The molecule has 2 N–H and O–H groups in total. The summed E-state index contributed by atoms with van der Waals surface area (Å²) >= 11 is 6.02. The first-order valence-corrected chi connectivity index (χ1v) is 6.29. The van der Waals surface area contributed by atoms with Crippen LogP contribution < -0.4 is 19.9 Å². The lowest BCUT2D eigenvalue weighted by atomic mass is 10.2. The molecule has 0 radical (unpaired) electrons. The average molecular weight is 309 g/mol. The number of nitrogens with zero attached hydrogens (tertiary/aromatic N) is 1. The van der Waals surface area contributed by atoms with E-state index in [0.717, 1.165) is 0 Å². The molecular formula is C14H13ClN2O4. The zero-order chi connectivity index (χ0) is 15.4. The molecule has 0 aliphatic heterocycles. The molecule has 2 aromatic rings. The van der Waals surface area contributed by atoms with Gasteiger partial charge in [-0.1, -0.05) is 17.7 Å². The van der Waals surface area contributed by atoms with Gasteiger partial charge in [-0.25, -0.2) is 9.78 Å². The molecule has 1 heterocycles. The van der Waals surface area contributed by atoms with E-state index < -0.39 is 5.97 Å². The van der Waals surface area contributed by atoms with Crippen LogP contribution in [0.25, 0.3) is 0 Å². The van der Waals surface area contributed by atoms with Crippen LogP contribution in [0.5, 0.6) is 17.2 Å². The highest BCUT2D eigenvalue weighted by molar-refractivity contribution is 6.35. The topological polar surface area (TPSA) is 83.7 Å². The minimum absolute atomic E-state index is 0.104. The Morgan fingerprint density at radius 2 is 2.00 bits per heavy atom. The predicted octanol–water partition coefficient (Wildman–Crippen LogP) is 2.55. The third-order valence-electron chi connectivity index (χ3n) is 2.68. The number of carbonyl (C=O) groups excluding carboxylic acids is 1. The molecule has 0 saturated carbocycles. The van der Waals surface area contributed by atoms with Gasteiger partial charge in [-0.3, -0.25) is 0 Å². The van der Waals surface area contributed by atoms with Gasteiger partial charge >= 0.3 is 5.97 Å². The molecule has 6 nitrogen and oxygen atoms in total. The number of hydrogen-bond acceptors (Lipinski definition) is 6. The van der Waals surface area contributed by atoms with Crippen LogP contribution in [-0.2, 0) is 0 Å². The van der Waals surface area contributed by atoms with Gasteiger partial charge in [0.05, 0.1) is 14.2 Å². The van der Waals surface area contributed by atoms with Crippen LogP contribution in [0.1, 0.15) is 10.5 Å². The summed E-state index contributed by atoms with van der Waals surface area (Å²) in [7, 11) is 2.82. The van der Waals surface area contributed by atoms with E-state index in [0.29, 0.717) is 0 Å². The number of carbonyl (C=O) groups is 1. The van der Waals surface area contributed by atoms with Crippen LogP contribution in [0.4, 0.5) is 5.69 Å². The average Bonchev–Trinajstić information content (AvgIpc) is 2.51. The molecule has 7 heteroatoms. The number of ether oxygens (including phenoxy) is 3. The van der Waals surface area contributed by atoms with Crippen molar-refractivity contribution >= 4 is 23.3 Å². The van der Waals surface area contributed by atoms with Gasteiger partial charge in [0.2, 0.25) is 0 Å². The van der Waals surface area contributed by atoms with E-state index in [1.165, 1.54) is 32.5 Å². The summed E-state index contributed by atoms with van der Waals surface area (Å²) in [4.78, 5) is 15.9. The fourth-order valence-electron chi connectivity index (χ4n) is 1.68. The third-order valence-corrected chi connectivity index (χ3v) is 3.07. The Morgan fingerprint density at radius 1 is 1.24 bits per heavy atom. The zero-order valence-corrected chi connectivity index (χ0v) is 12.2. The van der Waals surface area contributed by atoms with Crippen molar-refractivity contribution in [1.29, 1.82) is 0 Å². The number of esters is 1. The quantitative estimate of drug-likeness (QED) is 0.531. The molecule has 110 valence electrons. The molecule has 0 amide bonds. The van der Waals surface area contributed by atoms with Crippen LogP contribution in [0, 0.1) is 0 Å². The first-order chi connectivity index (χ1) is 10.1. The van der Waals surface area contributed by atoms with Gasteiger partial charge in [-0.2, -0.15) is 0 Å². The largest absolute Gasteiger partial charge is 0.495 e. The smallest absolute Gasteiger partial charge is 0.362 e. The van der Waals surface area contributed by atoms with Crippen molar-refractivity contribution in [3.63, 3.8) is 0 Å². The molecule has 0 bridgehead atoms. The summed E-state index contributed by atoms with van der Waals surface area (Å²) in [6.45, 7) is 0. The van der Waals surface area contributed by atoms with E-state index in [1.54, 1.807) is 12.1 Å². The fourth-order valence-corrected chi connectivity index (χ4v) is 1.90. The van der Waals surface area contributed by atoms with E-state index in [-0.39, 0.29) is 33.7 Å². The van der Waals surface area contributed by atoms with Crippen molar-refractivity contribution in [2.75, 3.05) is 20.0 Å². The number of pyridine rings is 1. The van der Waals surface area contributed by atoms with Crippen molar-refractivity contribution in [1.82, 2.24) is 4.98 Å². The normalized spacial score (nSPS) is 10.0. The van der Waals surface area contributed by atoms with Crippen LogP contribution in [-0.4, -0.2) is 25.2 Å². The van der Waals surface area contributed by atoms with E-state index in [1.807, 2.05) is 0 Å². The number of benzene rings is 1. The van der Waals surface area contributed by atoms with Crippen molar-refractivity contribution < 1.29 is 19.0 Å². The molecule has 1 aromatic carbocycles. The second-order valence-corrected chi connectivity index (χ2v) is 4.32. The highest BCUT2D eigenvalue weighted by Gasteiger charge is 2.20. The van der Waals surface area contributed by atoms with Gasteiger partial charge in [0.15, 0.2) is 11.5 Å². The van der Waals surface area contributed by atoms with Crippen molar-refractivity contribution in [2.45, 2.75) is 0 Å². The summed E-state index contributed by atoms with van der Waals surface area (Å²) in [5, 5.41) is 0.187. The van der Waals surface area contributed by atoms with E-state index >= 15 is 0 Å². The lowest BCUT2D eigenvalue weighted by molar-refractivity contribution is 0.0723. The molecule has 1 aromatic heterocycles. The predicted molar refractivity (Wildman–Crippen MR) is 78.2 cm³/mol. The standard InChI is InChI=1S/C14H13ClN2O4/c1-19-9-7-10(13(20-2)12(16)11(9)15)21-14(18)8-5-3-4-6-17-8/h3-7H,16H2,1-2H3. The van der Waals surface area contributed by atoms with Gasteiger partial charge < -0.3 is 19.9 Å². The second-order valence-electron chi connectivity index (χ2n) is 3.94. The number of halogens is 1. The lowest BCUT2D eigenvalue weighted by Gasteiger charge is -2.14. The molecule has 0 fully saturated rings. The lowest BCUT2D eigenvalue weighted by Crippen LogP contribution is -2.11. The molecule has 0 spiro atoms. The van der Waals surface area contributed by atoms with Gasteiger partial charge in [-0.05, 0) is 12.1 Å². The van der Waals surface area contributed by atoms with E-state index in [2.05, 4.69) is 4.98 Å². The summed E-state index contributed by atoms with van der Waals surface area (Å²) < 4.78 is 15.5. The number of nitrogen functional groups attached to an aromatic ring is 1. The maximum Gasteiger partial charge on any atom is 0.362 e. The Kier molecular flexibility index (Phi) is 4.49. The minimum atomic E-state index is -0.641. The Balaban J connectivity index is 2.40. The second kappa shape index (κ2) is 6.32. The molecular weight excluding hydrogens is 296 g/mol. The summed E-state index contributed by atoms with van der Waals surface area (Å²) in [5.74, 6) is -0.103. The monoisotopic (exact) mass is 308 g/mol. The number of nitrogens with two attached hydrogens (primary N) is 1. The van der Waals surface area contributed by atoms with Crippen molar-refractivity contribution in [2.24, 2.45) is 0 Å². The molecule has 0 aliphatic carbocycles. The Bertz CT molecular complexity index is 662. The maximum absolute atomic E-state index is 12.0. The Labute approximate surface area is 126 Å². The summed E-state index contributed by atoms with van der Waals surface area (Å²) in [6.07, 6.45) is 1.49. The minimum Gasteiger partial charge on any atom is -0.495 e. The zero-order valence-electron chi connectivity index (χ0n) is 11.4. The molecule has 21 heavy (non-hydrogen) atoms. The van der Waals surface area contributed by atoms with Gasteiger partial charge in [-0.15, -0.1) is 0 Å². The highest BCUT2D eigenvalue weighted by Crippen LogP contribution is 2.44. The molecule has 0 unspecified atom stereocenters. The Hall–Kier alpha value is -2.47. The highest BCUT2D eigenvalue weighted by atomic mass is 35.5. The van der Waals surface area contributed by atoms with Crippen molar-refractivity contribution in [3.05, 3.63) is 41.2 Å². The van der Waals surface area contributed by atoms with E-state index in [4.69, 9.17) is 31.5 Å². The van der Waals surface area contributed by atoms with Gasteiger partial charge in [0.25, 0.3) is 0 Å². The Morgan fingerprint density at radius 3 is 2.57 bits per heavy atom. The van der Waals surface area contributed by atoms with E-state index in [9.17, 15) is 4.79 Å². The SMILES string of the molecule is COc1cc(OC(=O)c2ccccn2)c(OC)c(N)c1Cl. The van der Waals surface area contributed by atoms with Crippen LogP contribution in [0.15, 0.2) is 30.5 Å². The summed E-state index contributed by atoms with van der Waals surface area (Å²) in [5.41, 5.74) is 6.13. The number of methoxy groups -OCH3 is 2. The first kappa shape index (κ1) is 14.9. The van der Waals surface area contributed by atoms with Crippen LogP contribution in [0.3, 0.4) is 0 Å².